The van der Waals surface area contributed by atoms with Crippen LogP contribution in [-0.2, 0) is 5.75 Å². The SMILES string of the molecule is CSCc1noc(-c2c(N)cccc2Cl)n1. The lowest BCUT2D eigenvalue weighted by Crippen LogP contribution is -1.91. The van der Waals surface area contributed by atoms with E-state index < -0.39 is 0 Å². The van der Waals surface area contributed by atoms with Gasteiger partial charge in [0.2, 0.25) is 0 Å². The average molecular weight is 256 g/mol. The van der Waals surface area contributed by atoms with Crippen LogP contribution in [0, 0.1) is 0 Å². The third-order valence-corrected chi connectivity index (χ3v) is 2.86. The Balaban J connectivity index is 2.42. The Bertz CT molecular complexity index is 480. The van der Waals surface area contributed by atoms with Crippen LogP contribution < -0.4 is 5.73 Å². The highest BCUT2D eigenvalue weighted by atomic mass is 35.5. The van der Waals surface area contributed by atoms with Crippen molar-refractivity contribution in [3.8, 4) is 11.5 Å². The molecule has 1 aromatic carbocycles. The third-order valence-electron chi connectivity index (χ3n) is 2.00. The monoisotopic (exact) mass is 255 g/mol. The van der Waals surface area contributed by atoms with Crippen molar-refractivity contribution in [3.05, 3.63) is 29.0 Å². The number of hydrogen-bond acceptors (Lipinski definition) is 5. The van der Waals surface area contributed by atoms with E-state index >= 15 is 0 Å². The van der Waals surface area contributed by atoms with Crippen LogP contribution in [0.3, 0.4) is 0 Å². The first-order valence-corrected chi connectivity index (χ1v) is 6.35. The van der Waals surface area contributed by atoms with Gasteiger partial charge < -0.3 is 10.3 Å². The molecule has 1 heterocycles. The highest BCUT2D eigenvalue weighted by Crippen LogP contribution is 2.31. The summed E-state index contributed by atoms with van der Waals surface area (Å²) in [5.41, 5.74) is 6.95. The van der Waals surface area contributed by atoms with Crippen molar-refractivity contribution in [2.45, 2.75) is 5.75 Å². The number of aromatic nitrogens is 2. The molecule has 6 heteroatoms. The number of rotatable bonds is 3. The molecule has 0 aliphatic carbocycles. The van der Waals surface area contributed by atoms with E-state index in [9.17, 15) is 0 Å². The van der Waals surface area contributed by atoms with Crippen molar-refractivity contribution in [2.75, 3.05) is 12.0 Å². The lowest BCUT2D eigenvalue weighted by molar-refractivity contribution is 0.425. The van der Waals surface area contributed by atoms with Crippen molar-refractivity contribution < 1.29 is 4.52 Å². The summed E-state index contributed by atoms with van der Waals surface area (Å²) in [6.45, 7) is 0. The molecular weight excluding hydrogens is 246 g/mol. The average Bonchev–Trinajstić information content (AvgIpc) is 2.67. The lowest BCUT2D eigenvalue weighted by atomic mass is 10.2. The number of benzene rings is 1. The second-order valence-electron chi connectivity index (χ2n) is 3.15. The smallest absolute Gasteiger partial charge is 0.261 e. The lowest BCUT2D eigenvalue weighted by Gasteiger charge is -2.01. The minimum absolute atomic E-state index is 0.368. The first-order chi connectivity index (χ1) is 7.72. The van der Waals surface area contributed by atoms with Crippen molar-refractivity contribution in [1.82, 2.24) is 10.1 Å². The van der Waals surface area contributed by atoms with Crippen LogP contribution in [0.5, 0.6) is 0 Å². The number of nitrogen functional groups attached to an aromatic ring is 1. The van der Waals surface area contributed by atoms with Gasteiger partial charge >= 0.3 is 0 Å². The van der Waals surface area contributed by atoms with Gasteiger partial charge in [-0.15, -0.1) is 0 Å². The highest BCUT2D eigenvalue weighted by molar-refractivity contribution is 7.97. The van der Waals surface area contributed by atoms with Gasteiger partial charge in [-0.3, -0.25) is 0 Å². The molecule has 2 rings (SSSR count). The molecule has 0 aliphatic heterocycles. The summed E-state index contributed by atoms with van der Waals surface area (Å²) >= 11 is 7.66. The zero-order valence-corrected chi connectivity index (χ0v) is 10.2. The molecule has 0 unspecified atom stereocenters. The van der Waals surface area contributed by atoms with Crippen LogP contribution in [0.1, 0.15) is 5.82 Å². The minimum atomic E-state index is 0.368. The maximum atomic E-state index is 6.04. The van der Waals surface area contributed by atoms with Crippen LogP contribution in [0.4, 0.5) is 5.69 Å². The topological polar surface area (TPSA) is 64.9 Å². The van der Waals surface area contributed by atoms with E-state index in [2.05, 4.69) is 10.1 Å². The first kappa shape index (κ1) is 11.3. The standard InChI is InChI=1S/C10H10ClN3OS/c1-16-5-8-13-10(15-14-8)9-6(11)3-2-4-7(9)12/h2-4H,5,12H2,1H3. The van der Waals surface area contributed by atoms with E-state index in [1.165, 1.54) is 0 Å². The molecule has 0 bridgehead atoms. The van der Waals surface area contributed by atoms with Crippen molar-refractivity contribution in [1.29, 1.82) is 0 Å². The van der Waals surface area contributed by atoms with E-state index in [1.807, 2.05) is 6.26 Å². The van der Waals surface area contributed by atoms with Crippen molar-refractivity contribution in [2.24, 2.45) is 0 Å². The number of anilines is 1. The summed E-state index contributed by atoms with van der Waals surface area (Å²) in [6.07, 6.45) is 1.97. The van der Waals surface area contributed by atoms with Crippen LogP contribution >= 0.6 is 23.4 Å². The zero-order chi connectivity index (χ0) is 11.5. The maximum absolute atomic E-state index is 6.04. The molecule has 0 saturated heterocycles. The van der Waals surface area contributed by atoms with Gasteiger partial charge in [-0.05, 0) is 18.4 Å². The molecule has 2 aromatic rings. The Hall–Kier alpha value is -1.20. The summed E-state index contributed by atoms with van der Waals surface area (Å²) in [5.74, 6) is 1.71. The molecule has 0 atom stereocenters. The fourth-order valence-corrected chi connectivity index (χ4v) is 1.95. The maximum Gasteiger partial charge on any atom is 0.261 e. The molecule has 16 heavy (non-hydrogen) atoms. The minimum Gasteiger partial charge on any atom is -0.398 e. The third kappa shape index (κ3) is 2.15. The fraction of sp³-hybridized carbons (Fsp3) is 0.200. The molecule has 1 aromatic heterocycles. The molecule has 0 aliphatic rings. The number of halogens is 1. The number of nitrogens with two attached hydrogens (primary N) is 1. The number of hydrogen-bond donors (Lipinski definition) is 1. The van der Waals surface area contributed by atoms with E-state index in [4.69, 9.17) is 21.9 Å². The van der Waals surface area contributed by atoms with Crippen molar-refractivity contribution >= 4 is 29.1 Å². The number of thioether (sulfide) groups is 1. The van der Waals surface area contributed by atoms with Crippen LogP contribution in [-0.4, -0.2) is 16.4 Å². The van der Waals surface area contributed by atoms with E-state index in [0.717, 1.165) is 0 Å². The van der Waals surface area contributed by atoms with Gasteiger partial charge in [0.1, 0.15) is 0 Å². The first-order valence-electron chi connectivity index (χ1n) is 4.58. The van der Waals surface area contributed by atoms with Gasteiger partial charge in [0.25, 0.3) is 5.89 Å². The Morgan fingerprint density at radius 3 is 3.00 bits per heavy atom. The molecule has 0 saturated carbocycles. The Morgan fingerprint density at radius 2 is 2.31 bits per heavy atom. The molecule has 84 valence electrons. The van der Waals surface area contributed by atoms with Crippen molar-refractivity contribution in [3.63, 3.8) is 0 Å². The predicted octanol–water partition coefficient (Wildman–Crippen LogP) is 2.84. The highest BCUT2D eigenvalue weighted by Gasteiger charge is 2.14. The van der Waals surface area contributed by atoms with Gasteiger partial charge in [-0.1, -0.05) is 22.8 Å². The second kappa shape index (κ2) is 4.76. The largest absolute Gasteiger partial charge is 0.398 e. The predicted molar refractivity (Wildman–Crippen MR) is 66.4 cm³/mol. The summed E-state index contributed by atoms with van der Waals surface area (Å²) < 4.78 is 5.13. The second-order valence-corrected chi connectivity index (χ2v) is 4.43. The molecule has 2 N–H and O–H groups in total. The Kier molecular flexibility index (Phi) is 3.36. The van der Waals surface area contributed by atoms with E-state index in [0.29, 0.717) is 33.7 Å². The molecule has 0 fully saturated rings. The van der Waals surface area contributed by atoms with Gasteiger partial charge in [0, 0.05) is 5.69 Å². The van der Waals surface area contributed by atoms with Crippen LogP contribution in [0.15, 0.2) is 22.7 Å². The van der Waals surface area contributed by atoms with Crippen LogP contribution in [0.2, 0.25) is 5.02 Å². The molecule has 0 radical (unpaired) electrons. The zero-order valence-electron chi connectivity index (χ0n) is 8.61. The normalized spacial score (nSPS) is 10.6. The van der Waals surface area contributed by atoms with Crippen LogP contribution in [0.25, 0.3) is 11.5 Å². The summed E-state index contributed by atoms with van der Waals surface area (Å²) in [4.78, 5) is 4.23. The Morgan fingerprint density at radius 1 is 1.50 bits per heavy atom. The van der Waals surface area contributed by atoms with E-state index in [-0.39, 0.29) is 0 Å². The van der Waals surface area contributed by atoms with Gasteiger partial charge in [-0.2, -0.15) is 16.7 Å². The summed E-state index contributed by atoms with van der Waals surface area (Å²) in [7, 11) is 0. The van der Waals surface area contributed by atoms with E-state index in [1.54, 1.807) is 30.0 Å². The number of nitrogens with zero attached hydrogens (tertiary/aromatic N) is 2. The van der Waals surface area contributed by atoms with Gasteiger partial charge in [0.05, 0.1) is 16.3 Å². The fourth-order valence-electron chi connectivity index (χ4n) is 1.31. The van der Waals surface area contributed by atoms with Gasteiger partial charge in [0.15, 0.2) is 5.82 Å². The summed E-state index contributed by atoms with van der Waals surface area (Å²) in [6, 6.07) is 5.27. The molecule has 0 spiro atoms. The van der Waals surface area contributed by atoms with Gasteiger partial charge in [-0.25, -0.2) is 0 Å². The molecular formula is C10H10ClN3OS. The quantitative estimate of drug-likeness (QED) is 0.855. The summed E-state index contributed by atoms with van der Waals surface area (Å²) in [5, 5.41) is 4.36. The Labute approximate surface area is 102 Å². The molecule has 4 nitrogen and oxygen atoms in total. The molecule has 0 amide bonds.